The Kier molecular flexibility index (Phi) is 5.77. The number of amides is 1. The molecule has 1 aliphatic rings. The minimum absolute atomic E-state index is 0.0834. The number of carboxylic acid groups (broad SMARTS) is 1. The zero-order valence-corrected chi connectivity index (χ0v) is 12.6. The van der Waals surface area contributed by atoms with E-state index in [-0.39, 0.29) is 13.2 Å². The van der Waals surface area contributed by atoms with Crippen molar-refractivity contribution in [2.24, 2.45) is 0 Å². The van der Waals surface area contributed by atoms with Crippen LogP contribution in [0.2, 0.25) is 0 Å². The van der Waals surface area contributed by atoms with Gasteiger partial charge < -0.3 is 19.9 Å². The molecule has 0 heterocycles. The molecule has 6 nitrogen and oxygen atoms in total. The Labute approximate surface area is 129 Å². The SMILES string of the molecule is COCC(NC(=O)COc1ccc2c(c1)CCCC2)C(=O)O. The fraction of sp³-hybridized carbons (Fsp3) is 0.500. The summed E-state index contributed by atoms with van der Waals surface area (Å²) in [6.07, 6.45) is 4.51. The average molecular weight is 307 g/mol. The number of carbonyl (C=O) groups is 2. The number of nitrogens with one attached hydrogen (secondary N) is 1. The largest absolute Gasteiger partial charge is 0.484 e. The van der Waals surface area contributed by atoms with Gasteiger partial charge in [0.2, 0.25) is 0 Å². The number of aliphatic carboxylic acids is 1. The molecule has 1 aliphatic carbocycles. The van der Waals surface area contributed by atoms with Crippen molar-refractivity contribution in [1.82, 2.24) is 5.32 Å². The first-order chi connectivity index (χ1) is 10.6. The molecule has 22 heavy (non-hydrogen) atoms. The Balaban J connectivity index is 1.86. The lowest BCUT2D eigenvalue weighted by atomic mass is 9.92. The normalized spacial score (nSPS) is 14.8. The summed E-state index contributed by atoms with van der Waals surface area (Å²) in [6, 6.07) is 4.78. The standard InChI is InChI=1S/C16H21NO5/c1-21-9-14(16(19)20)17-15(18)10-22-13-7-6-11-4-2-3-5-12(11)8-13/h6-8,14H,2-5,9-10H2,1H3,(H,17,18)(H,19,20). The monoisotopic (exact) mass is 307 g/mol. The highest BCUT2D eigenvalue weighted by molar-refractivity contribution is 5.84. The summed E-state index contributed by atoms with van der Waals surface area (Å²) in [7, 11) is 1.38. The summed E-state index contributed by atoms with van der Waals surface area (Å²) in [5.41, 5.74) is 2.61. The van der Waals surface area contributed by atoms with Gasteiger partial charge in [-0.1, -0.05) is 6.07 Å². The van der Waals surface area contributed by atoms with Crippen molar-refractivity contribution >= 4 is 11.9 Å². The van der Waals surface area contributed by atoms with Crippen LogP contribution in [0, 0.1) is 0 Å². The number of carbonyl (C=O) groups excluding carboxylic acids is 1. The molecule has 0 fully saturated rings. The van der Waals surface area contributed by atoms with E-state index in [9.17, 15) is 9.59 Å². The lowest BCUT2D eigenvalue weighted by Crippen LogP contribution is -2.45. The maximum Gasteiger partial charge on any atom is 0.328 e. The van der Waals surface area contributed by atoms with Gasteiger partial charge in [-0.05, 0) is 48.9 Å². The van der Waals surface area contributed by atoms with Crippen molar-refractivity contribution in [3.8, 4) is 5.75 Å². The van der Waals surface area contributed by atoms with Gasteiger partial charge in [0, 0.05) is 7.11 Å². The van der Waals surface area contributed by atoms with E-state index < -0.39 is 17.9 Å². The maximum absolute atomic E-state index is 11.7. The van der Waals surface area contributed by atoms with Crippen LogP contribution >= 0.6 is 0 Å². The molecule has 120 valence electrons. The predicted octanol–water partition coefficient (Wildman–Crippen LogP) is 1.16. The van der Waals surface area contributed by atoms with Crippen molar-refractivity contribution in [2.45, 2.75) is 31.7 Å². The molecule has 1 aromatic rings. The van der Waals surface area contributed by atoms with Crippen molar-refractivity contribution in [2.75, 3.05) is 20.3 Å². The number of aryl methyl sites for hydroxylation is 2. The summed E-state index contributed by atoms with van der Waals surface area (Å²) in [6.45, 7) is -0.299. The highest BCUT2D eigenvalue weighted by Gasteiger charge is 2.20. The fourth-order valence-electron chi connectivity index (χ4n) is 2.53. The number of hydrogen-bond acceptors (Lipinski definition) is 4. The molecule has 1 atom stereocenters. The molecule has 0 spiro atoms. The van der Waals surface area contributed by atoms with E-state index in [1.807, 2.05) is 18.2 Å². The maximum atomic E-state index is 11.7. The molecule has 1 aromatic carbocycles. The molecular weight excluding hydrogens is 286 g/mol. The molecule has 2 rings (SSSR count). The molecule has 0 aliphatic heterocycles. The minimum atomic E-state index is -1.14. The van der Waals surface area contributed by atoms with Gasteiger partial charge >= 0.3 is 5.97 Å². The van der Waals surface area contributed by atoms with Gasteiger partial charge in [0.15, 0.2) is 12.6 Å². The van der Waals surface area contributed by atoms with Crippen LogP contribution in [-0.2, 0) is 27.2 Å². The smallest absolute Gasteiger partial charge is 0.328 e. The molecule has 0 radical (unpaired) electrons. The number of benzene rings is 1. The van der Waals surface area contributed by atoms with Crippen molar-refractivity contribution in [3.63, 3.8) is 0 Å². The number of carboxylic acids is 1. The van der Waals surface area contributed by atoms with Gasteiger partial charge in [-0.3, -0.25) is 4.79 Å². The summed E-state index contributed by atoms with van der Waals surface area (Å²) < 4.78 is 10.2. The minimum Gasteiger partial charge on any atom is -0.484 e. The summed E-state index contributed by atoms with van der Waals surface area (Å²) in [5.74, 6) is -0.986. The van der Waals surface area contributed by atoms with Gasteiger partial charge in [0.05, 0.1) is 6.61 Å². The molecule has 0 aromatic heterocycles. The predicted molar refractivity (Wildman–Crippen MR) is 80.0 cm³/mol. The number of rotatable bonds is 7. The van der Waals surface area contributed by atoms with E-state index >= 15 is 0 Å². The lowest BCUT2D eigenvalue weighted by Gasteiger charge is -2.17. The highest BCUT2D eigenvalue weighted by atomic mass is 16.5. The average Bonchev–Trinajstić information content (AvgIpc) is 2.52. The second-order valence-electron chi connectivity index (χ2n) is 5.34. The van der Waals surface area contributed by atoms with Crippen LogP contribution in [0.4, 0.5) is 0 Å². The molecule has 0 bridgehead atoms. The summed E-state index contributed by atoms with van der Waals surface area (Å²) in [5, 5.41) is 11.3. The Hall–Kier alpha value is -2.08. The first-order valence-electron chi connectivity index (χ1n) is 7.36. The van der Waals surface area contributed by atoms with E-state index in [1.54, 1.807) is 0 Å². The van der Waals surface area contributed by atoms with Gasteiger partial charge in [-0.2, -0.15) is 0 Å². The van der Waals surface area contributed by atoms with Crippen LogP contribution < -0.4 is 10.1 Å². The van der Waals surface area contributed by atoms with Crippen molar-refractivity contribution < 1.29 is 24.2 Å². The molecular formula is C16H21NO5. The molecule has 1 unspecified atom stereocenters. The molecule has 0 saturated carbocycles. The van der Waals surface area contributed by atoms with Crippen LogP contribution in [0.15, 0.2) is 18.2 Å². The fourth-order valence-corrected chi connectivity index (χ4v) is 2.53. The van der Waals surface area contributed by atoms with Crippen LogP contribution in [0.1, 0.15) is 24.0 Å². The van der Waals surface area contributed by atoms with E-state index in [1.165, 1.54) is 31.1 Å². The van der Waals surface area contributed by atoms with Crippen LogP contribution in [0.3, 0.4) is 0 Å². The number of ether oxygens (including phenoxy) is 2. The summed E-state index contributed by atoms with van der Waals surface area (Å²) in [4.78, 5) is 22.7. The van der Waals surface area contributed by atoms with Crippen LogP contribution in [0.25, 0.3) is 0 Å². The Bertz CT molecular complexity index is 543. The van der Waals surface area contributed by atoms with Gasteiger partial charge in [-0.15, -0.1) is 0 Å². The first kappa shape index (κ1) is 16.3. The van der Waals surface area contributed by atoms with Gasteiger partial charge in [0.1, 0.15) is 5.75 Å². The third-order valence-corrected chi connectivity index (χ3v) is 3.66. The van der Waals surface area contributed by atoms with E-state index in [2.05, 4.69) is 5.32 Å². The zero-order valence-electron chi connectivity index (χ0n) is 12.6. The quantitative estimate of drug-likeness (QED) is 0.789. The van der Waals surface area contributed by atoms with Gasteiger partial charge in [0.25, 0.3) is 5.91 Å². The Morgan fingerprint density at radius 1 is 1.27 bits per heavy atom. The third kappa shape index (κ3) is 4.46. The molecule has 0 saturated heterocycles. The molecule has 1 amide bonds. The number of fused-ring (bicyclic) bond motifs is 1. The topological polar surface area (TPSA) is 84.9 Å². The lowest BCUT2D eigenvalue weighted by molar-refractivity contribution is -0.143. The van der Waals surface area contributed by atoms with E-state index in [0.29, 0.717) is 5.75 Å². The summed E-state index contributed by atoms with van der Waals surface area (Å²) >= 11 is 0. The van der Waals surface area contributed by atoms with Crippen LogP contribution in [0.5, 0.6) is 5.75 Å². The first-order valence-corrected chi connectivity index (χ1v) is 7.36. The van der Waals surface area contributed by atoms with Gasteiger partial charge in [-0.25, -0.2) is 4.79 Å². The second-order valence-corrected chi connectivity index (χ2v) is 5.34. The second kappa shape index (κ2) is 7.79. The van der Waals surface area contributed by atoms with Crippen molar-refractivity contribution in [1.29, 1.82) is 0 Å². The highest BCUT2D eigenvalue weighted by Crippen LogP contribution is 2.25. The zero-order chi connectivity index (χ0) is 15.9. The van der Waals surface area contributed by atoms with E-state index in [0.717, 1.165) is 12.8 Å². The molecule has 2 N–H and O–H groups in total. The Morgan fingerprint density at radius 2 is 2.00 bits per heavy atom. The third-order valence-electron chi connectivity index (χ3n) is 3.66. The number of hydrogen-bond donors (Lipinski definition) is 2. The van der Waals surface area contributed by atoms with Crippen LogP contribution in [-0.4, -0.2) is 43.3 Å². The van der Waals surface area contributed by atoms with E-state index in [4.69, 9.17) is 14.6 Å². The van der Waals surface area contributed by atoms with Crippen molar-refractivity contribution in [3.05, 3.63) is 29.3 Å². The Morgan fingerprint density at radius 3 is 2.68 bits per heavy atom. The molecule has 6 heteroatoms. The number of methoxy groups -OCH3 is 1.